The summed E-state index contributed by atoms with van der Waals surface area (Å²) < 4.78 is 0. The molecule has 0 saturated heterocycles. The van der Waals surface area contributed by atoms with Gasteiger partial charge in [0.15, 0.2) is 0 Å². The molecular formula is C11H10ClN2. The SMILES string of the molecule is CC1=C[CH]NC(c2cccc(Cl)c2)=N1. The van der Waals surface area contributed by atoms with E-state index in [-0.39, 0.29) is 0 Å². The molecule has 0 fully saturated rings. The molecule has 2 rings (SSSR count). The first kappa shape index (κ1) is 9.28. The molecule has 0 saturated carbocycles. The van der Waals surface area contributed by atoms with Gasteiger partial charge < -0.3 is 5.32 Å². The van der Waals surface area contributed by atoms with Gasteiger partial charge in [0, 0.05) is 16.3 Å². The lowest BCUT2D eigenvalue weighted by molar-refractivity contribution is 1.08. The van der Waals surface area contributed by atoms with E-state index in [2.05, 4.69) is 10.3 Å². The zero-order chi connectivity index (χ0) is 9.97. The van der Waals surface area contributed by atoms with Crippen molar-refractivity contribution in [2.24, 2.45) is 4.99 Å². The maximum atomic E-state index is 5.89. The topological polar surface area (TPSA) is 24.4 Å². The van der Waals surface area contributed by atoms with Gasteiger partial charge in [-0.2, -0.15) is 0 Å². The minimum absolute atomic E-state index is 0.721. The van der Waals surface area contributed by atoms with E-state index in [0.717, 1.165) is 22.1 Å². The Morgan fingerprint density at radius 3 is 2.93 bits per heavy atom. The van der Waals surface area contributed by atoms with Crippen molar-refractivity contribution in [3.8, 4) is 0 Å². The smallest absolute Gasteiger partial charge is 0.134 e. The van der Waals surface area contributed by atoms with Crippen molar-refractivity contribution in [2.45, 2.75) is 6.92 Å². The molecule has 1 radical (unpaired) electrons. The van der Waals surface area contributed by atoms with E-state index < -0.39 is 0 Å². The molecule has 0 aliphatic carbocycles. The van der Waals surface area contributed by atoms with Crippen LogP contribution in [0.25, 0.3) is 0 Å². The zero-order valence-corrected chi connectivity index (χ0v) is 8.55. The fraction of sp³-hybridized carbons (Fsp3) is 0.0909. The van der Waals surface area contributed by atoms with Gasteiger partial charge in [-0.25, -0.2) is 4.99 Å². The molecule has 3 heteroatoms. The van der Waals surface area contributed by atoms with Crippen molar-refractivity contribution in [1.29, 1.82) is 0 Å². The van der Waals surface area contributed by atoms with E-state index >= 15 is 0 Å². The molecule has 1 N–H and O–H groups in total. The summed E-state index contributed by atoms with van der Waals surface area (Å²) in [4.78, 5) is 4.37. The zero-order valence-electron chi connectivity index (χ0n) is 7.79. The van der Waals surface area contributed by atoms with Crippen molar-refractivity contribution >= 4 is 17.4 Å². The highest BCUT2D eigenvalue weighted by Crippen LogP contribution is 2.13. The molecule has 0 atom stereocenters. The van der Waals surface area contributed by atoms with Crippen molar-refractivity contribution in [2.75, 3.05) is 0 Å². The Morgan fingerprint density at radius 1 is 1.36 bits per heavy atom. The van der Waals surface area contributed by atoms with Crippen molar-refractivity contribution in [3.05, 3.63) is 53.2 Å². The van der Waals surface area contributed by atoms with Gasteiger partial charge in [0.1, 0.15) is 5.84 Å². The number of nitrogens with zero attached hydrogens (tertiary/aromatic N) is 1. The summed E-state index contributed by atoms with van der Waals surface area (Å²) in [7, 11) is 0. The van der Waals surface area contributed by atoms with Gasteiger partial charge in [0.05, 0.1) is 6.54 Å². The maximum Gasteiger partial charge on any atom is 0.134 e. The standard InChI is InChI=1S/C11H10ClN2/c1-8-5-6-13-11(14-8)9-3-2-4-10(12)7-9/h2-7H,1H3,(H,13,14). The lowest BCUT2D eigenvalue weighted by atomic mass is 10.2. The van der Waals surface area contributed by atoms with Crippen molar-refractivity contribution < 1.29 is 0 Å². The highest BCUT2D eigenvalue weighted by Gasteiger charge is 2.06. The van der Waals surface area contributed by atoms with Gasteiger partial charge in [-0.15, -0.1) is 0 Å². The third kappa shape index (κ3) is 1.96. The van der Waals surface area contributed by atoms with E-state index in [1.54, 1.807) is 0 Å². The fourth-order valence-electron chi connectivity index (χ4n) is 1.27. The van der Waals surface area contributed by atoms with Gasteiger partial charge in [-0.3, -0.25) is 0 Å². The summed E-state index contributed by atoms with van der Waals surface area (Å²) >= 11 is 5.89. The average molecular weight is 206 g/mol. The predicted molar refractivity (Wildman–Crippen MR) is 59.2 cm³/mol. The Kier molecular flexibility index (Phi) is 2.55. The molecule has 1 aromatic rings. The third-order valence-corrected chi connectivity index (χ3v) is 2.17. The van der Waals surface area contributed by atoms with Crippen LogP contribution in [-0.2, 0) is 0 Å². The largest absolute Gasteiger partial charge is 0.361 e. The summed E-state index contributed by atoms with van der Waals surface area (Å²) in [6.45, 7) is 3.83. The van der Waals surface area contributed by atoms with E-state index in [1.165, 1.54) is 0 Å². The number of hydrogen-bond donors (Lipinski definition) is 1. The van der Waals surface area contributed by atoms with Crippen LogP contribution in [0.2, 0.25) is 5.02 Å². The minimum atomic E-state index is 0.721. The first-order valence-corrected chi connectivity index (χ1v) is 4.75. The number of hydrogen-bond acceptors (Lipinski definition) is 2. The van der Waals surface area contributed by atoms with Gasteiger partial charge in [0.25, 0.3) is 0 Å². The van der Waals surface area contributed by atoms with E-state index in [9.17, 15) is 0 Å². The average Bonchev–Trinajstić information content (AvgIpc) is 2.18. The molecule has 2 nitrogen and oxygen atoms in total. The van der Waals surface area contributed by atoms with E-state index in [4.69, 9.17) is 11.6 Å². The molecule has 0 spiro atoms. The first-order chi connectivity index (χ1) is 6.75. The molecule has 1 aromatic carbocycles. The molecule has 0 unspecified atom stereocenters. The lowest BCUT2D eigenvalue weighted by Gasteiger charge is -2.12. The molecule has 0 bridgehead atoms. The van der Waals surface area contributed by atoms with Crippen LogP contribution in [-0.4, -0.2) is 5.84 Å². The van der Waals surface area contributed by atoms with Crippen LogP contribution in [0, 0.1) is 6.54 Å². The summed E-state index contributed by atoms with van der Waals surface area (Å²) in [5, 5.41) is 3.80. The van der Waals surface area contributed by atoms with Crippen LogP contribution < -0.4 is 5.32 Å². The van der Waals surface area contributed by atoms with E-state index in [0.29, 0.717) is 0 Å². The monoisotopic (exact) mass is 205 g/mol. The highest BCUT2D eigenvalue weighted by molar-refractivity contribution is 6.31. The summed E-state index contributed by atoms with van der Waals surface area (Å²) in [6, 6.07) is 7.63. The molecule has 1 aliphatic rings. The quantitative estimate of drug-likeness (QED) is 0.749. The number of allylic oxidation sites excluding steroid dienone is 1. The van der Waals surface area contributed by atoms with Crippen LogP contribution in [0.3, 0.4) is 0 Å². The van der Waals surface area contributed by atoms with Crippen LogP contribution in [0.15, 0.2) is 41.0 Å². The molecule has 0 aromatic heterocycles. The number of benzene rings is 1. The van der Waals surface area contributed by atoms with Crippen LogP contribution in [0.1, 0.15) is 12.5 Å². The molecule has 71 valence electrons. The Morgan fingerprint density at radius 2 is 2.21 bits per heavy atom. The molecule has 1 heterocycles. The van der Waals surface area contributed by atoms with Crippen molar-refractivity contribution in [1.82, 2.24) is 5.32 Å². The number of rotatable bonds is 1. The van der Waals surface area contributed by atoms with Gasteiger partial charge in [-0.05, 0) is 25.1 Å². The van der Waals surface area contributed by atoms with Gasteiger partial charge in [0.2, 0.25) is 0 Å². The third-order valence-electron chi connectivity index (χ3n) is 1.93. The summed E-state index contributed by atoms with van der Waals surface area (Å²) in [5.74, 6) is 0.840. The highest BCUT2D eigenvalue weighted by atomic mass is 35.5. The Bertz CT molecular complexity index is 408. The second kappa shape index (κ2) is 3.84. The second-order valence-electron chi connectivity index (χ2n) is 3.09. The molecule has 14 heavy (non-hydrogen) atoms. The second-order valence-corrected chi connectivity index (χ2v) is 3.53. The van der Waals surface area contributed by atoms with Gasteiger partial charge in [-0.1, -0.05) is 23.7 Å². The summed E-state index contributed by atoms with van der Waals surface area (Å²) in [6.07, 6.45) is 1.92. The Hall–Kier alpha value is -1.28. The Balaban J connectivity index is 2.36. The number of amidine groups is 1. The van der Waals surface area contributed by atoms with E-state index in [1.807, 2.05) is 43.8 Å². The lowest BCUT2D eigenvalue weighted by Crippen LogP contribution is -2.23. The predicted octanol–water partition coefficient (Wildman–Crippen LogP) is 2.76. The van der Waals surface area contributed by atoms with Crippen molar-refractivity contribution in [3.63, 3.8) is 0 Å². The van der Waals surface area contributed by atoms with Crippen LogP contribution in [0.5, 0.6) is 0 Å². The first-order valence-electron chi connectivity index (χ1n) is 4.37. The molecular weight excluding hydrogens is 196 g/mol. The van der Waals surface area contributed by atoms with Crippen LogP contribution in [0.4, 0.5) is 0 Å². The molecule has 0 amide bonds. The number of nitrogens with one attached hydrogen (secondary N) is 1. The molecule has 1 aliphatic heterocycles. The number of aliphatic imine (C=N–C) groups is 1. The minimum Gasteiger partial charge on any atom is -0.361 e. The summed E-state index contributed by atoms with van der Waals surface area (Å²) in [5.41, 5.74) is 1.99. The fourth-order valence-corrected chi connectivity index (χ4v) is 1.46. The normalized spacial score (nSPS) is 15.6. The van der Waals surface area contributed by atoms with Gasteiger partial charge >= 0.3 is 0 Å². The maximum absolute atomic E-state index is 5.89. The number of halogens is 1. The Labute approximate surface area is 88.3 Å². The van der Waals surface area contributed by atoms with Crippen LogP contribution >= 0.6 is 11.6 Å².